The van der Waals surface area contributed by atoms with Gasteiger partial charge in [0.2, 0.25) is 0 Å². The number of aliphatic hydroxyl groups is 1. The van der Waals surface area contributed by atoms with Crippen molar-refractivity contribution in [1.82, 2.24) is 4.98 Å². The summed E-state index contributed by atoms with van der Waals surface area (Å²) in [6.07, 6.45) is 0.709. The number of carbonyl (C=O) groups is 2. The fourth-order valence-corrected chi connectivity index (χ4v) is 6.81. The van der Waals surface area contributed by atoms with Crippen molar-refractivity contribution in [1.29, 1.82) is 0 Å². The summed E-state index contributed by atoms with van der Waals surface area (Å²) in [6.45, 7) is 2.37. The summed E-state index contributed by atoms with van der Waals surface area (Å²) in [4.78, 5) is 33.4. The highest BCUT2D eigenvalue weighted by molar-refractivity contribution is 7.22. The molecule has 0 radical (unpaired) electrons. The van der Waals surface area contributed by atoms with E-state index in [0.717, 1.165) is 21.6 Å². The zero-order chi connectivity index (χ0) is 29.7. The minimum absolute atomic E-state index is 0.00726. The van der Waals surface area contributed by atoms with E-state index in [1.165, 1.54) is 16.2 Å². The molecule has 0 bridgehead atoms. The lowest BCUT2D eigenvalue weighted by Gasteiger charge is -2.23. The zero-order valence-corrected chi connectivity index (χ0v) is 24.6. The highest BCUT2D eigenvalue weighted by Crippen LogP contribution is 2.45. The predicted octanol–water partition coefficient (Wildman–Crippen LogP) is 7.48. The Morgan fingerprint density at radius 2 is 1.84 bits per heavy atom. The van der Waals surface area contributed by atoms with Crippen LogP contribution in [0.5, 0.6) is 11.5 Å². The molecule has 1 fully saturated rings. The molecule has 1 amide bonds. The Kier molecular flexibility index (Phi) is 6.88. The molecule has 0 spiro atoms. The zero-order valence-electron chi connectivity index (χ0n) is 23.0. The van der Waals surface area contributed by atoms with E-state index in [-0.39, 0.29) is 17.4 Å². The molecule has 0 unspecified atom stereocenters. The molecule has 0 aliphatic carbocycles. The van der Waals surface area contributed by atoms with Gasteiger partial charge in [-0.15, -0.1) is 0 Å². The lowest BCUT2D eigenvalue weighted by molar-refractivity contribution is -0.132. The third-order valence-electron chi connectivity index (χ3n) is 7.60. The van der Waals surface area contributed by atoms with Crippen molar-refractivity contribution in [2.24, 2.45) is 0 Å². The molecule has 0 saturated carbocycles. The third-order valence-corrected chi connectivity index (χ3v) is 8.86. The number of Topliss-reactive ketones (excluding diaryl/α,β-unsaturated/α-hetero) is 1. The summed E-state index contributed by atoms with van der Waals surface area (Å²) in [5.74, 6) is -0.414. The van der Waals surface area contributed by atoms with Gasteiger partial charge in [0.1, 0.15) is 30.0 Å². The normalized spacial score (nSPS) is 19.1. The number of ketones is 1. The molecule has 3 heterocycles. The van der Waals surface area contributed by atoms with E-state index < -0.39 is 17.7 Å². The van der Waals surface area contributed by atoms with Crippen molar-refractivity contribution in [2.45, 2.75) is 32.1 Å². The Labute approximate surface area is 256 Å². The second kappa shape index (κ2) is 10.9. The van der Waals surface area contributed by atoms with Gasteiger partial charge in [-0.3, -0.25) is 14.5 Å². The number of rotatable bonds is 6. The second-order valence-corrected chi connectivity index (χ2v) is 12.0. The molecule has 1 aromatic heterocycles. The molecule has 214 valence electrons. The molecule has 1 N–H and O–H groups in total. The van der Waals surface area contributed by atoms with Gasteiger partial charge in [0.15, 0.2) is 5.13 Å². The van der Waals surface area contributed by atoms with Crippen LogP contribution in [0.4, 0.5) is 5.13 Å². The number of fused-ring (bicyclic) bond motifs is 2. The van der Waals surface area contributed by atoms with E-state index in [4.69, 9.17) is 21.1 Å². The van der Waals surface area contributed by atoms with E-state index >= 15 is 0 Å². The number of halogens is 1. The molecule has 1 saturated heterocycles. The molecule has 4 aromatic carbocycles. The number of thiazole rings is 1. The minimum Gasteiger partial charge on any atom is -0.507 e. The average molecular weight is 609 g/mol. The number of benzene rings is 4. The monoisotopic (exact) mass is 608 g/mol. The van der Waals surface area contributed by atoms with Gasteiger partial charge in [-0.05, 0) is 72.1 Å². The Balaban J connectivity index is 1.31. The Morgan fingerprint density at radius 1 is 1.05 bits per heavy atom. The Bertz CT molecular complexity index is 1920. The molecule has 9 heteroatoms. The third kappa shape index (κ3) is 5.02. The fourth-order valence-electron chi connectivity index (χ4n) is 5.55. The Hall–Kier alpha value is -4.66. The highest BCUT2D eigenvalue weighted by atomic mass is 35.5. The first-order valence-corrected chi connectivity index (χ1v) is 15.0. The average Bonchev–Trinajstić information content (AvgIpc) is 3.68. The number of hydrogen-bond donors (Lipinski definition) is 1. The van der Waals surface area contributed by atoms with Gasteiger partial charge in [0, 0.05) is 17.0 Å². The van der Waals surface area contributed by atoms with Gasteiger partial charge in [0.05, 0.1) is 21.8 Å². The highest BCUT2D eigenvalue weighted by Gasteiger charge is 2.48. The number of aliphatic hydroxyl groups excluding tert-OH is 1. The van der Waals surface area contributed by atoms with Crippen LogP contribution in [-0.4, -0.2) is 27.9 Å². The van der Waals surface area contributed by atoms with Gasteiger partial charge >= 0.3 is 5.91 Å². The lowest BCUT2D eigenvalue weighted by atomic mass is 9.94. The van der Waals surface area contributed by atoms with Crippen molar-refractivity contribution in [3.8, 4) is 11.5 Å². The molecule has 2 aliphatic rings. The van der Waals surface area contributed by atoms with Crippen LogP contribution >= 0.6 is 22.9 Å². The maximum Gasteiger partial charge on any atom is 0.301 e. The van der Waals surface area contributed by atoms with Crippen molar-refractivity contribution in [3.05, 3.63) is 124 Å². The first-order chi connectivity index (χ1) is 20.9. The van der Waals surface area contributed by atoms with Gasteiger partial charge in [-0.1, -0.05) is 65.4 Å². The maximum absolute atomic E-state index is 13.7. The van der Waals surface area contributed by atoms with E-state index in [9.17, 15) is 14.7 Å². The Morgan fingerprint density at radius 3 is 2.63 bits per heavy atom. The number of amides is 1. The summed E-state index contributed by atoms with van der Waals surface area (Å²) in [7, 11) is 0. The van der Waals surface area contributed by atoms with Gasteiger partial charge in [0.25, 0.3) is 5.78 Å². The second-order valence-electron chi connectivity index (χ2n) is 10.6. The quantitative estimate of drug-likeness (QED) is 0.122. The minimum atomic E-state index is -0.914. The van der Waals surface area contributed by atoms with Crippen LogP contribution in [0.25, 0.3) is 16.0 Å². The summed E-state index contributed by atoms with van der Waals surface area (Å²) in [5, 5.41) is 12.5. The molecule has 2 atom stereocenters. The van der Waals surface area contributed by atoms with Crippen molar-refractivity contribution < 1.29 is 24.2 Å². The van der Waals surface area contributed by atoms with Gasteiger partial charge < -0.3 is 14.6 Å². The van der Waals surface area contributed by atoms with E-state index in [0.29, 0.717) is 45.6 Å². The van der Waals surface area contributed by atoms with Gasteiger partial charge in [-0.2, -0.15) is 0 Å². The number of hydrogen-bond acceptors (Lipinski definition) is 7. The largest absolute Gasteiger partial charge is 0.507 e. The molecular weight excluding hydrogens is 584 g/mol. The van der Waals surface area contributed by atoms with E-state index in [1.54, 1.807) is 54.6 Å². The van der Waals surface area contributed by atoms with E-state index in [1.807, 2.05) is 43.3 Å². The smallest absolute Gasteiger partial charge is 0.301 e. The van der Waals surface area contributed by atoms with Crippen LogP contribution in [0.3, 0.4) is 0 Å². The first kappa shape index (κ1) is 27.2. The van der Waals surface area contributed by atoms with Crippen LogP contribution in [0.2, 0.25) is 5.02 Å². The number of anilines is 1. The number of nitrogens with zero attached hydrogens (tertiary/aromatic N) is 2. The van der Waals surface area contributed by atoms with Crippen molar-refractivity contribution in [2.75, 3.05) is 4.90 Å². The van der Waals surface area contributed by atoms with Gasteiger partial charge in [-0.25, -0.2) is 4.98 Å². The van der Waals surface area contributed by atoms with Crippen molar-refractivity contribution >= 4 is 55.7 Å². The molecular formula is C34H25ClN2O5S. The fraction of sp³-hybridized carbons (Fsp3) is 0.147. The summed E-state index contributed by atoms with van der Waals surface area (Å²) in [6, 6.07) is 26.7. The molecule has 5 aromatic rings. The maximum atomic E-state index is 13.7. The van der Waals surface area contributed by atoms with Crippen LogP contribution in [0.15, 0.2) is 96.6 Å². The van der Waals surface area contributed by atoms with Crippen LogP contribution in [0, 0.1) is 0 Å². The lowest BCUT2D eigenvalue weighted by Crippen LogP contribution is -2.29. The molecule has 2 aliphatic heterocycles. The number of carbonyl (C=O) groups excluding carboxylic acids is 2. The topological polar surface area (TPSA) is 89.0 Å². The summed E-state index contributed by atoms with van der Waals surface area (Å²) < 4.78 is 12.6. The van der Waals surface area contributed by atoms with Crippen LogP contribution in [-0.2, 0) is 22.6 Å². The standard InChI is InChI=1S/C34H25ClN2O5S/c1-19-15-23-16-22(9-14-27(23)42-19)31(38)29-30(21-7-11-25(12-8-21)41-18-20-5-3-2-4-6-20)37(33(40)32(29)39)34-36-26-13-10-24(35)17-28(26)43-34/h2-14,16-17,19,30,38H,15,18H2,1H3/t19-,30+/m1/s1. The predicted molar refractivity (Wildman–Crippen MR) is 167 cm³/mol. The molecule has 7 nitrogen and oxygen atoms in total. The summed E-state index contributed by atoms with van der Waals surface area (Å²) in [5.41, 5.74) is 3.69. The first-order valence-electron chi connectivity index (χ1n) is 13.8. The SMILES string of the molecule is C[C@@H]1Cc2cc(C(O)=C3C(=O)C(=O)N(c4nc5ccc(Cl)cc5s4)[C@H]3c3ccc(OCc4ccccc4)cc3)ccc2O1. The molecule has 43 heavy (non-hydrogen) atoms. The number of ether oxygens (including phenoxy) is 2. The molecule has 7 rings (SSSR count). The summed E-state index contributed by atoms with van der Waals surface area (Å²) >= 11 is 7.47. The van der Waals surface area contributed by atoms with E-state index in [2.05, 4.69) is 4.98 Å². The van der Waals surface area contributed by atoms with Crippen LogP contribution in [0.1, 0.15) is 35.2 Å². The van der Waals surface area contributed by atoms with Crippen molar-refractivity contribution in [3.63, 3.8) is 0 Å². The number of aromatic nitrogens is 1. The van der Waals surface area contributed by atoms with Crippen LogP contribution < -0.4 is 14.4 Å².